The van der Waals surface area contributed by atoms with Gasteiger partial charge in [0.15, 0.2) is 0 Å². The Balaban J connectivity index is 2.78. The number of nitrogens with one attached hydrogen (secondary N) is 1. The van der Waals surface area contributed by atoms with E-state index in [0.717, 1.165) is 6.07 Å². The lowest BCUT2D eigenvalue weighted by molar-refractivity contribution is -0.118. The van der Waals surface area contributed by atoms with Crippen LogP contribution in [0, 0.1) is 5.82 Å². The van der Waals surface area contributed by atoms with Gasteiger partial charge in [-0.05, 0) is 18.6 Å². The molecule has 0 heterocycles. The Bertz CT molecular complexity index is 525. The molecule has 1 aromatic carbocycles. The summed E-state index contributed by atoms with van der Waals surface area (Å²) in [5.41, 5.74) is 10.2. The summed E-state index contributed by atoms with van der Waals surface area (Å²) >= 11 is 0. The highest BCUT2D eigenvalue weighted by atomic mass is 32.2. The van der Waals surface area contributed by atoms with Crippen molar-refractivity contribution in [2.75, 3.05) is 12.3 Å². The summed E-state index contributed by atoms with van der Waals surface area (Å²) in [6.45, 7) is -0.0148. The number of nitrogen functional groups attached to an aromatic ring is 1. The van der Waals surface area contributed by atoms with Crippen molar-refractivity contribution in [1.29, 1.82) is 0 Å². The quantitative estimate of drug-likeness (QED) is 0.498. The van der Waals surface area contributed by atoms with Crippen molar-refractivity contribution >= 4 is 21.6 Å². The van der Waals surface area contributed by atoms with Crippen LogP contribution in [0.2, 0.25) is 0 Å². The fourth-order valence-electron chi connectivity index (χ4n) is 1.35. The zero-order valence-corrected chi connectivity index (χ0v) is 10.3. The summed E-state index contributed by atoms with van der Waals surface area (Å²) in [6, 6.07) is 3.62. The molecule has 0 saturated carbocycles. The van der Waals surface area contributed by atoms with Gasteiger partial charge in [-0.1, -0.05) is 6.07 Å². The number of carbonyl (C=O) groups excluding carboxylic acids is 1. The molecule has 0 spiro atoms. The summed E-state index contributed by atoms with van der Waals surface area (Å²) in [7, 11) is -4.02. The normalized spacial score (nSPS) is 11.4. The molecule has 100 valence electrons. The van der Waals surface area contributed by atoms with Gasteiger partial charge in [0.05, 0.1) is 5.69 Å². The number of hydrogen-bond acceptors (Lipinski definition) is 4. The van der Waals surface area contributed by atoms with E-state index in [-0.39, 0.29) is 25.1 Å². The van der Waals surface area contributed by atoms with Gasteiger partial charge in [0.2, 0.25) is 15.9 Å². The van der Waals surface area contributed by atoms with Gasteiger partial charge in [-0.3, -0.25) is 4.79 Å². The van der Waals surface area contributed by atoms with Crippen LogP contribution in [-0.4, -0.2) is 20.9 Å². The maximum absolute atomic E-state index is 13.4. The number of hydrogen-bond donors (Lipinski definition) is 3. The van der Waals surface area contributed by atoms with E-state index in [1.165, 1.54) is 12.1 Å². The lowest BCUT2D eigenvalue weighted by Crippen LogP contribution is -2.27. The van der Waals surface area contributed by atoms with Crippen LogP contribution in [0.4, 0.5) is 10.1 Å². The third-order valence-electron chi connectivity index (χ3n) is 2.16. The van der Waals surface area contributed by atoms with Crippen LogP contribution < -0.4 is 16.2 Å². The van der Waals surface area contributed by atoms with Crippen LogP contribution in [0.1, 0.15) is 12.8 Å². The van der Waals surface area contributed by atoms with Gasteiger partial charge >= 0.3 is 0 Å². The van der Waals surface area contributed by atoms with Crippen LogP contribution in [0.25, 0.3) is 0 Å². The zero-order valence-electron chi connectivity index (χ0n) is 9.52. The molecule has 0 aliphatic heterocycles. The van der Waals surface area contributed by atoms with E-state index in [1.807, 2.05) is 0 Å². The average Bonchev–Trinajstić information content (AvgIpc) is 2.23. The topological polar surface area (TPSA) is 115 Å². The number of primary amides is 1. The Hall–Kier alpha value is -1.67. The summed E-state index contributed by atoms with van der Waals surface area (Å²) in [6.07, 6.45) is 0.290. The second kappa shape index (κ2) is 5.78. The second-order valence-electron chi connectivity index (χ2n) is 3.63. The summed E-state index contributed by atoms with van der Waals surface area (Å²) in [5, 5.41) is 0. The van der Waals surface area contributed by atoms with Crippen LogP contribution in [-0.2, 0) is 14.8 Å². The van der Waals surface area contributed by atoms with Crippen molar-refractivity contribution in [1.82, 2.24) is 4.72 Å². The minimum absolute atomic E-state index is 0.0148. The maximum Gasteiger partial charge on any atom is 0.245 e. The molecule has 0 saturated heterocycles. The number of sulfonamides is 1. The van der Waals surface area contributed by atoms with Crippen LogP contribution in [0.5, 0.6) is 0 Å². The first-order valence-corrected chi connectivity index (χ1v) is 6.65. The molecule has 0 aliphatic carbocycles. The fourth-order valence-corrected chi connectivity index (χ4v) is 2.61. The van der Waals surface area contributed by atoms with Gasteiger partial charge in [-0.25, -0.2) is 17.5 Å². The number of halogens is 1. The number of amides is 1. The monoisotopic (exact) mass is 275 g/mol. The highest BCUT2D eigenvalue weighted by Gasteiger charge is 2.21. The average molecular weight is 275 g/mol. The Morgan fingerprint density at radius 3 is 2.61 bits per heavy atom. The van der Waals surface area contributed by atoms with Gasteiger partial charge in [0.1, 0.15) is 10.7 Å². The summed E-state index contributed by atoms with van der Waals surface area (Å²) in [4.78, 5) is 9.89. The number of benzene rings is 1. The van der Waals surface area contributed by atoms with E-state index in [1.54, 1.807) is 0 Å². The number of carbonyl (C=O) groups is 1. The van der Waals surface area contributed by atoms with E-state index in [0.29, 0.717) is 0 Å². The highest BCUT2D eigenvalue weighted by molar-refractivity contribution is 7.89. The van der Waals surface area contributed by atoms with Crippen molar-refractivity contribution in [2.24, 2.45) is 5.73 Å². The molecule has 5 N–H and O–H groups in total. The van der Waals surface area contributed by atoms with E-state index >= 15 is 0 Å². The van der Waals surface area contributed by atoms with Crippen LogP contribution in [0.3, 0.4) is 0 Å². The minimum atomic E-state index is -4.02. The van der Waals surface area contributed by atoms with Crippen molar-refractivity contribution in [2.45, 2.75) is 17.7 Å². The van der Waals surface area contributed by atoms with Gasteiger partial charge < -0.3 is 11.5 Å². The smallest absolute Gasteiger partial charge is 0.245 e. The molecule has 8 heteroatoms. The molecule has 18 heavy (non-hydrogen) atoms. The maximum atomic E-state index is 13.4. The highest BCUT2D eigenvalue weighted by Crippen LogP contribution is 2.21. The SMILES string of the molecule is NC(=O)CCCNS(=O)(=O)c1c(N)cccc1F. The third-order valence-corrected chi connectivity index (χ3v) is 3.71. The second-order valence-corrected chi connectivity index (χ2v) is 5.33. The first-order chi connectivity index (χ1) is 8.34. The zero-order chi connectivity index (χ0) is 13.8. The first-order valence-electron chi connectivity index (χ1n) is 5.16. The molecule has 0 unspecified atom stereocenters. The molecule has 0 bridgehead atoms. The summed E-state index contributed by atoms with van der Waals surface area (Å²) in [5.74, 6) is -1.45. The Labute approximate surface area is 104 Å². The third kappa shape index (κ3) is 3.67. The molecule has 1 aromatic rings. The van der Waals surface area contributed by atoms with E-state index in [4.69, 9.17) is 11.5 Å². The predicted molar refractivity (Wildman–Crippen MR) is 64.4 cm³/mol. The molecule has 1 rings (SSSR count). The Morgan fingerprint density at radius 2 is 2.06 bits per heavy atom. The first kappa shape index (κ1) is 14.4. The molecule has 0 radical (unpaired) electrons. The van der Waals surface area contributed by atoms with Crippen molar-refractivity contribution in [3.8, 4) is 0 Å². The van der Waals surface area contributed by atoms with Crippen molar-refractivity contribution in [3.63, 3.8) is 0 Å². The standard InChI is InChI=1S/C10H14FN3O3S/c11-7-3-1-4-8(12)10(7)18(16,17)14-6-2-5-9(13)15/h1,3-4,14H,2,5-6,12H2,(H2,13,15). The van der Waals surface area contributed by atoms with Crippen molar-refractivity contribution in [3.05, 3.63) is 24.0 Å². The predicted octanol–water partition coefficient (Wildman–Crippen LogP) is -0.0483. The molecular weight excluding hydrogens is 261 g/mol. The number of rotatable bonds is 6. The van der Waals surface area contributed by atoms with E-state index in [2.05, 4.69) is 4.72 Å². The van der Waals surface area contributed by atoms with Gasteiger partial charge in [-0.15, -0.1) is 0 Å². The molecule has 1 amide bonds. The number of anilines is 1. The molecule has 6 nitrogen and oxygen atoms in total. The van der Waals surface area contributed by atoms with Gasteiger partial charge in [0, 0.05) is 13.0 Å². The molecule has 0 fully saturated rings. The molecule has 0 aromatic heterocycles. The van der Waals surface area contributed by atoms with Gasteiger partial charge in [-0.2, -0.15) is 0 Å². The fraction of sp³-hybridized carbons (Fsp3) is 0.300. The summed E-state index contributed by atoms with van der Waals surface area (Å²) < 4.78 is 39.1. The Kier molecular flexibility index (Phi) is 4.62. The van der Waals surface area contributed by atoms with E-state index < -0.39 is 26.6 Å². The van der Waals surface area contributed by atoms with Crippen LogP contribution >= 0.6 is 0 Å². The lowest BCUT2D eigenvalue weighted by Gasteiger charge is -2.09. The van der Waals surface area contributed by atoms with Crippen LogP contribution in [0.15, 0.2) is 23.1 Å². The number of nitrogens with two attached hydrogens (primary N) is 2. The lowest BCUT2D eigenvalue weighted by atomic mass is 10.3. The molecular formula is C10H14FN3O3S. The van der Waals surface area contributed by atoms with E-state index in [9.17, 15) is 17.6 Å². The largest absolute Gasteiger partial charge is 0.398 e. The van der Waals surface area contributed by atoms with Gasteiger partial charge in [0.25, 0.3) is 0 Å². The van der Waals surface area contributed by atoms with Crippen molar-refractivity contribution < 1.29 is 17.6 Å². The molecule has 0 atom stereocenters. The minimum Gasteiger partial charge on any atom is -0.398 e. The Morgan fingerprint density at radius 1 is 1.39 bits per heavy atom. The molecule has 0 aliphatic rings.